The topological polar surface area (TPSA) is 18.5 Å². The quantitative estimate of drug-likeness (QED) is 0.342. The van der Waals surface area contributed by atoms with Gasteiger partial charge in [-0.15, -0.1) is 6.58 Å². The molecule has 0 radical (unpaired) electrons. The van der Waals surface area contributed by atoms with Gasteiger partial charge in [0, 0.05) is 19.3 Å². The summed E-state index contributed by atoms with van der Waals surface area (Å²) in [5.74, 6) is 1.91. The molecule has 0 bridgehead atoms. The molecule has 2 nitrogen and oxygen atoms in total. The highest BCUT2D eigenvalue weighted by Gasteiger charge is 2.11. The Morgan fingerprint density at radius 3 is 1.75 bits per heavy atom. The molecule has 92 valence electrons. The molecule has 0 aromatic heterocycles. The van der Waals surface area contributed by atoms with Crippen LogP contribution in [0.3, 0.4) is 0 Å². The lowest BCUT2D eigenvalue weighted by Gasteiger charge is -2.21. The Balaban J connectivity index is 4.42. The van der Waals surface area contributed by atoms with Gasteiger partial charge in [0.1, 0.15) is 0 Å². The number of hydrogen-bond acceptors (Lipinski definition) is 2. The van der Waals surface area contributed by atoms with E-state index in [1.165, 1.54) is 0 Å². The van der Waals surface area contributed by atoms with Crippen LogP contribution in [-0.4, -0.2) is 6.29 Å². The number of ether oxygens (including phenoxy) is 2. The van der Waals surface area contributed by atoms with E-state index in [0.29, 0.717) is 6.42 Å². The summed E-state index contributed by atoms with van der Waals surface area (Å²) in [6.45, 7) is 11.8. The summed E-state index contributed by atoms with van der Waals surface area (Å²) in [5, 5.41) is 0. The van der Waals surface area contributed by atoms with Gasteiger partial charge in [0.2, 0.25) is 6.29 Å². The summed E-state index contributed by atoms with van der Waals surface area (Å²) in [4.78, 5) is 0. The Bertz CT molecular complexity index is 229. The van der Waals surface area contributed by atoms with Crippen molar-refractivity contribution in [2.45, 2.75) is 53.2 Å². The van der Waals surface area contributed by atoms with Crippen molar-refractivity contribution in [3.8, 4) is 0 Å². The van der Waals surface area contributed by atoms with E-state index in [1.54, 1.807) is 0 Å². The second-order valence-electron chi connectivity index (χ2n) is 3.41. The van der Waals surface area contributed by atoms with Crippen molar-refractivity contribution < 1.29 is 9.47 Å². The molecular formula is C14H24O2. The van der Waals surface area contributed by atoms with Gasteiger partial charge in [0.05, 0.1) is 11.5 Å². The molecule has 0 fully saturated rings. The van der Waals surface area contributed by atoms with Crippen LogP contribution in [0.5, 0.6) is 0 Å². The van der Waals surface area contributed by atoms with Crippen molar-refractivity contribution in [1.82, 2.24) is 0 Å². The van der Waals surface area contributed by atoms with Gasteiger partial charge in [-0.05, 0) is 26.0 Å². The third kappa shape index (κ3) is 5.64. The summed E-state index contributed by atoms with van der Waals surface area (Å²) in [6.07, 6.45) is 7.96. The van der Waals surface area contributed by atoms with Gasteiger partial charge in [0.15, 0.2) is 0 Å². The van der Waals surface area contributed by atoms with Gasteiger partial charge >= 0.3 is 0 Å². The van der Waals surface area contributed by atoms with Gasteiger partial charge in [-0.2, -0.15) is 0 Å². The van der Waals surface area contributed by atoms with Crippen LogP contribution in [0.1, 0.15) is 47.0 Å². The minimum Gasteiger partial charge on any atom is -0.459 e. The summed E-state index contributed by atoms with van der Waals surface area (Å²) >= 11 is 0. The van der Waals surface area contributed by atoms with Crippen LogP contribution in [0, 0.1) is 0 Å². The van der Waals surface area contributed by atoms with Crippen molar-refractivity contribution in [2.75, 3.05) is 0 Å². The molecule has 0 heterocycles. The Hall–Kier alpha value is -1.18. The monoisotopic (exact) mass is 224 g/mol. The molecule has 2 heteroatoms. The molecular weight excluding hydrogens is 200 g/mol. The molecule has 0 saturated carbocycles. The average molecular weight is 224 g/mol. The lowest BCUT2D eigenvalue weighted by molar-refractivity contribution is -0.0868. The molecule has 0 aliphatic carbocycles. The smallest absolute Gasteiger partial charge is 0.243 e. The van der Waals surface area contributed by atoms with Crippen molar-refractivity contribution in [3.05, 3.63) is 36.3 Å². The van der Waals surface area contributed by atoms with E-state index in [0.717, 1.165) is 24.4 Å². The first kappa shape index (κ1) is 14.8. The van der Waals surface area contributed by atoms with Crippen LogP contribution in [0.15, 0.2) is 36.3 Å². The molecule has 0 N–H and O–H groups in total. The van der Waals surface area contributed by atoms with Gasteiger partial charge in [0.25, 0.3) is 0 Å². The van der Waals surface area contributed by atoms with Crippen LogP contribution in [-0.2, 0) is 9.47 Å². The SMILES string of the molecule is C=CCC(OC(=CC)CC)OC(=CC)CC. The summed E-state index contributed by atoms with van der Waals surface area (Å²) in [6, 6.07) is 0. The van der Waals surface area contributed by atoms with Crippen molar-refractivity contribution in [2.24, 2.45) is 0 Å². The maximum Gasteiger partial charge on any atom is 0.243 e. The van der Waals surface area contributed by atoms with Gasteiger partial charge in [-0.25, -0.2) is 0 Å². The molecule has 16 heavy (non-hydrogen) atoms. The Labute approximate surface area is 99.6 Å². The van der Waals surface area contributed by atoms with Crippen molar-refractivity contribution in [3.63, 3.8) is 0 Å². The van der Waals surface area contributed by atoms with Crippen molar-refractivity contribution >= 4 is 0 Å². The fraction of sp³-hybridized carbons (Fsp3) is 0.571. The van der Waals surface area contributed by atoms with Gasteiger partial charge < -0.3 is 9.47 Å². The second-order valence-corrected chi connectivity index (χ2v) is 3.41. The average Bonchev–Trinajstić information content (AvgIpc) is 2.32. The lowest BCUT2D eigenvalue weighted by atomic mass is 10.3. The fourth-order valence-electron chi connectivity index (χ4n) is 1.31. The van der Waals surface area contributed by atoms with Crippen LogP contribution < -0.4 is 0 Å². The van der Waals surface area contributed by atoms with Gasteiger partial charge in [-0.3, -0.25) is 0 Å². The zero-order chi connectivity index (χ0) is 12.4. The first-order chi connectivity index (χ1) is 7.71. The minimum atomic E-state index is -0.255. The minimum absolute atomic E-state index is 0.255. The predicted molar refractivity (Wildman–Crippen MR) is 68.9 cm³/mol. The summed E-state index contributed by atoms with van der Waals surface area (Å²) in [7, 11) is 0. The number of rotatable bonds is 8. The summed E-state index contributed by atoms with van der Waals surface area (Å²) < 4.78 is 11.5. The Morgan fingerprint density at radius 1 is 1.06 bits per heavy atom. The molecule has 0 aromatic carbocycles. The molecule has 0 spiro atoms. The van der Waals surface area contributed by atoms with Crippen LogP contribution >= 0.6 is 0 Å². The van der Waals surface area contributed by atoms with E-state index in [4.69, 9.17) is 9.47 Å². The molecule has 0 aliphatic rings. The molecule has 0 unspecified atom stereocenters. The number of allylic oxidation sites excluding steroid dienone is 4. The zero-order valence-electron chi connectivity index (χ0n) is 11.0. The zero-order valence-corrected chi connectivity index (χ0v) is 11.0. The van der Waals surface area contributed by atoms with E-state index < -0.39 is 0 Å². The van der Waals surface area contributed by atoms with E-state index >= 15 is 0 Å². The normalized spacial score (nSPS) is 14.5. The number of hydrogen-bond donors (Lipinski definition) is 0. The van der Waals surface area contributed by atoms with E-state index in [9.17, 15) is 0 Å². The Morgan fingerprint density at radius 2 is 1.50 bits per heavy atom. The molecule has 0 aromatic rings. The molecule has 0 aliphatic heterocycles. The fourth-order valence-corrected chi connectivity index (χ4v) is 1.31. The summed E-state index contributed by atoms with van der Waals surface area (Å²) in [5.41, 5.74) is 0. The lowest BCUT2D eigenvalue weighted by Crippen LogP contribution is -2.16. The maximum absolute atomic E-state index is 5.75. The van der Waals surface area contributed by atoms with Crippen LogP contribution in [0.25, 0.3) is 0 Å². The van der Waals surface area contributed by atoms with Crippen molar-refractivity contribution in [1.29, 1.82) is 0 Å². The standard InChI is InChI=1S/C14H24O2/c1-6-11-14(15-12(7-2)8-3)16-13(9-4)10-5/h6-7,9,14H,1,8,10-11H2,2-5H3. The van der Waals surface area contributed by atoms with E-state index in [2.05, 4.69) is 20.4 Å². The Kier molecular flexibility index (Phi) is 8.41. The maximum atomic E-state index is 5.75. The van der Waals surface area contributed by atoms with Crippen LogP contribution in [0.4, 0.5) is 0 Å². The van der Waals surface area contributed by atoms with E-state index in [-0.39, 0.29) is 6.29 Å². The molecule has 0 rings (SSSR count). The predicted octanol–water partition coefficient (Wildman–Crippen LogP) is 4.55. The molecule has 0 saturated heterocycles. The highest BCUT2D eigenvalue weighted by Crippen LogP contribution is 2.16. The van der Waals surface area contributed by atoms with E-state index in [1.807, 2.05) is 32.1 Å². The first-order valence-electron chi connectivity index (χ1n) is 5.96. The third-order valence-electron chi connectivity index (χ3n) is 2.27. The molecule has 0 atom stereocenters. The highest BCUT2D eigenvalue weighted by atomic mass is 16.7. The highest BCUT2D eigenvalue weighted by molar-refractivity contribution is 4.93. The van der Waals surface area contributed by atoms with Crippen LogP contribution in [0.2, 0.25) is 0 Å². The molecule has 0 amide bonds. The van der Waals surface area contributed by atoms with Gasteiger partial charge in [-0.1, -0.05) is 19.9 Å². The third-order valence-corrected chi connectivity index (χ3v) is 2.27. The first-order valence-corrected chi connectivity index (χ1v) is 5.96. The largest absolute Gasteiger partial charge is 0.459 e. The second kappa shape index (κ2) is 9.08.